The Hall–Kier alpha value is -1.10. The quantitative estimate of drug-likeness (QED) is 0.512. The van der Waals surface area contributed by atoms with Gasteiger partial charge in [0.1, 0.15) is 6.61 Å². The average molecular weight is 173 g/mol. The fraction of sp³-hybridized carbons (Fsp3) is 0.333. The van der Waals surface area contributed by atoms with Crippen LogP contribution >= 0.6 is 11.3 Å². The van der Waals surface area contributed by atoms with Crippen LogP contribution in [0.3, 0.4) is 0 Å². The second kappa shape index (κ2) is 3.92. The number of nitrogens with zero attached hydrogens (tertiary/aromatic N) is 1. The van der Waals surface area contributed by atoms with E-state index in [1.807, 2.05) is 17.5 Å². The number of thiophene rings is 1. The van der Waals surface area contributed by atoms with Crippen LogP contribution in [-0.2, 0) is 11.3 Å². The third-order valence-corrected chi connectivity index (χ3v) is 2.06. The molecule has 1 aromatic heterocycles. The molecule has 1 heterocycles. The third kappa shape index (κ3) is 2.99. The van der Waals surface area contributed by atoms with Crippen LogP contribution in [-0.4, -0.2) is 11.7 Å². The smallest absolute Gasteiger partial charge is 0.294 e. The van der Waals surface area contributed by atoms with Gasteiger partial charge in [-0.2, -0.15) is 0 Å². The Morgan fingerprint density at radius 2 is 2.55 bits per heavy atom. The monoisotopic (exact) mass is 173 g/mol. The van der Waals surface area contributed by atoms with E-state index in [1.165, 1.54) is 0 Å². The van der Waals surface area contributed by atoms with Crippen molar-refractivity contribution in [3.63, 3.8) is 0 Å². The fourth-order valence-corrected chi connectivity index (χ4v) is 1.37. The standard InChI is InChI=1S/C6H7NO3S/c8-7(9)10-4-3-6-2-1-5-11-6/h1-2,5H,3-4H2. The number of rotatable bonds is 4. The summed E-state index contributed by atoms with van der Waals surface area (Å²) in [7, 11) is 0. The summed E-state index contributed by atoms with van der Waals surface area (Å²) in [4.78, 5) is 15.0. The van der Waals surface area contributed by atoms with Crippen LogP contribution in [0.1, 0.15) is 4.88 Å². The first kappa shape index (κ1) is 8.00. The van der Waals surface area contributed by atoms with E-state index >= 15 is 0 Å². The van der Waals surface area contributed by atoms with E-state index in [1.54, 1.807) is 11.3 Å². The maximum atomic E-state index is 9.71. The third-order valence-electron chi connectivity index (χ3n) is 1.13. The summed E-state index contributed by atoms with van der Waals surface area (Å²) >= 11 is 1.57. The Labute approximate surface area is 67.5 Å². The van der Waals surface area contributed by atoms with Gasteiger partial charge in [0.2, 0.25) is 0 Å². The highest BCUT2D eigenvalue weighted by molar-refractivity contribution is 7.09. The highest BCUT2D eigenvalue weighted by Crippen LogP contribution is 2.08. The molecule has 0 aliphatic heterocycles. The molecule has 0 aliphatic carbocycles. The molecule has 60 valence electrons. The van der Waals surface area contributed by atoms with E-state index in [2.05, 4.69) is 4.84 Å². The molecule has 0 fully saturated rings. The molecule has 0 radical (unpaired) electrons. The first-order valence-corrected chi connectivity index (χ1v) is 3.96. The highest BCUT2D eigenvalue weighted by Gasteiger charge is 1.96. The van der Waals surface area contributed by atoms with E-state index in [0.29, 0.717) is 6.42 Å². The van der Waals surface area contributed by atoms with Crippen molar-refractivity contribution in [2.75, 3.05) is 6.61 Å². The lowest BCUT2D eigenvalue weighted by atomic mass is 10.4. The summed E-state index contributed by atoms with van der Waals surface area (Å²) in [6.07, 6.45) is 0.610. The molecule has 0 saturated heterocycles. The van der Waals surface area contributed by atoms with Crippen molar-refractivity contribution >= 4 is 11.3 Å². The van der Waals surface area contributed by atoms with Crippen molar-refractivity contribution in [2.24, 2.45) is 0 Å². The lowest BCUT2D eigenvalue weighted by Crippen LogP contribution is -2.03. The molecule has 1 rings (SSSR count). The van der Waals surface area contributed by atoms with E-state index in [9.17, 15) is 10.1 Å². The van der Waals surface area contributed by atoms with Gasteiger partial charge in [-0.05, 0) is 11.4 Å². The summed E-state index contributed by atoms with van der Waals surface area (Å²) < 4.78 is 0. The SMILES string of the molecule is O=[N+]([O-])OCCc1cccs1. The molecule has 0 bridgehead atoms. The summed E-state index contributed by atoms with van der Waals surface area (Å²) in [5, 5.41) is 10.9. The van der Waals surface area contributed by atoms with Gasteiger partial charge in [-0.3, -0.25) is 0 Å². The van der Waals surface area contributed by atoms with E-state index < -0.39 is 5.09 Å². The van der Waals surface area contributed by atoms with E-state index in [-0.39, 0.29) is 6.61 Å². The predicted molar refractivity (Wildman–Crippen MR) is 41.0 cm³/mol. The van der Waals surface area contributed by atoms with Crippen LogP contribution in [0.5, 0.6) is 0 Å². The minimum absolute atomic E-state index is 0.146. The van der Waals surface area contributed by atoms with E-state index in [4.69, 9.17) is 0 Å². The Kier molecular flexibility index (Phi) is 2.85. The van der Waals surface area contributed by atoms with E-state index in [0.717, 1.165) is 4.88 Å². The van der Waals surface area contributed by atoms with Gasteiger partial charge in [0.25, 0.3) is 5.09 Å². The minimum Gasteiger partial charge on any atom is -0.314 e. The molecule has 0 aromatic carbocycles. The Morgan fingerprint density at radius 3 is 3.09 bits per heavy atom. The zero-order valence-corrected chi connectivity index (χ0v) is 6.54. The molecule has 0 aliphatic rings. The van der Waals surface area contributed by atoms with Crippen LogP contribution in [0, 0.1) is 10.1 Å². The molecule has 0 N–H and O–H groups in total. The summed E-state index contributed by atoms with van der Waals surface area (Å²) in [5.41, 5.74) is 0. The summed E-state index contributed by atoms with van der Waals surface area (Å²) in [5.74, 6) is 0. The lowest BCUT2D eigenvalue weighted by Gasteiger charge is -1.94. The van der Waals surface area contributed by atoms with Crippen molar-refractivity contribution in [2.45, 2.75) is 6.42 Å². The Balaban J connectivity index is 2.19. The van der Waals surface area contributed by atoms with Gasteiger partial charge in [-0.25, -0.2) is 0 Å². The van der Waals surface area contributed by atoms with Gasteiger partial charge < -0.3 is 4.84 Å². The van der Waals surface area contributed by atoms with Gasteiger partial charge >= 0.3 is 0 Å². The second-order valence-corrected chi connectivity index (χ2v) is 2.92. The average Bonchev–Trinajstić information content (AvgIpc) is 2.39. The summed E-state index contributed by atoms with van der Waals surface area (Å²) in [6.45, 7) is 0.146. The fourth-order valence-electron chi connectivity index (χ4n) is 0.676. The zero-order valence-electron chi connectivity index (χ0n) is 5.73. The van der Waals surface area contributed by atoms with Gasteiger partial charge in [-0.15, -0.1) is 21.5 Å². The molecule has 11 heavy (non-hydrogen) atoms. The predicted octanol–water partition coefficient (Wildman–Crippen LogP) is 1.50. The molecule has 0 unspecified atom stereocenters. The number of hydrogen-bond donors (Lipinski definition) is 0. The highest BCUT2D eigenvalue weighted by atomic mass is 32.1. The molecular weight excluding hydrogens is 166 g/mol. The van der Waals surface area contributed by atoms with Crippen molar-refractivity contribution in [3.05, 3.63) is 32.5 Å². The van der Waals surface area contributed by atoms with Crippen LogP contribution < -0.4 is 0 Å². The van der Waals surface area contributed by atoms with Crippen molar-refractivity contribution < 1.29 is 9.92 Å². The van der Waals surface area contributed by atoms with Gasteiger partial charge in [-0.1, -0.05) is 6.07 Å². The molecule has 0 spiro atoms. The van der Waals surface area contributed by atoms with Crippen molar-refractivity contribution in [1.82, 2.24) is 0 Å². The molecule has 0 atom stereocenters. The van der Waals surface area contributed by atoms with Gasteiger partial charge in [0.15, 0.2) is 0 Å². The molecule has 0 amide bonds. The molecule has 0 saturated carbocycles. The van der Waals surface area contributed by atoms with Crippen LogP contribution in [0.2, 0.25) is 0 Å². The van der Waals surface area contributed by atoms with Gasteiger partial charge in [0, 0.05) is 11.3 Å². The zero-order chi connectivity index (χ0) is 8.10. The topological polar surface area (TPSA) is 52.4 Å². The largest absolute Gasteiger partial charge is 0.314 e. The molecule has 4 nitrogen and oxygen atoms in total. The number of hydrogen-bond acceptors (Lipinski definition) is 4. The van der Waals surface area contributed by atoms with Crippen LogP contribution in [0.4, 0.5) is 0 Å². The first-order valence-electron chi connectivity index (χ1n) is 3.09. The normalized spacial score (nSPS) is 9.45. The molecule has 1 aromatic rings. The minimum atomic E-state index is -0.770. The van der Waals surface area contributed by atoms with Crippen molar-refractivity contribution in [3.8, 4) is 0 Å². The lowest BCUT2D eigenvalue weighted by molar-refractivity contribution is -0.757. The second-order valence-electron chi connectivity index (χ2n) is 1.89. The summed E-state index contributed by atoms with van der Waals surface area (Å²) in [6, 6.07) is 3.83. The van der Waals surface area contributed by atoms with Crippen molar-refractivity contribution in [1.29, 1.82) is 0 Å². The maximum Gasteiger partial charge on any atom is 0.294 e. The van der Waals surface area contributed by atoms with Crippen LogP contribution in [0.15, 0.2) is 17.5 Å². The Morgan fingerprint density at radius 1 is 1.73 bits per heavy atom. The van der Waals surface area contributed by atoms with Gasteiger partial charge in [0.05, 0.1) is 0 Å². The first-order chi connectivity index (χ1) is 5.29. The molecule has 5 heteroatoms. The molecular formula is C6H7NO3S. The van der Waals surface area contributed by atoms with Crippen LogP contribution in [0.25, 0.3) is 0 Å². The maximum absolute atomic E-state index is 9.71. The Bertz CT molecular complexity index is 222.